The Balaban J connectivity index is 0.00000256. The molecule has 1 aromatic carbocycles. The predicted octanol–water partition coefficient (Wildman–Crippen LogP) is 2.15. The quantitative estimate of drug-likeness (QED) is 0.860. The van der Waals surface area contributed by atoms with Gasteiger partial charge in [-0.2, -0.15) is 0 Å². The second kappa shape index (κ2) is 6.92. The molecular formula is C9H13BrCl2N2O2S. The second-order valence-electron chi connectivity index (χ2n) is 3.31. The van der Waals surface area contributed by atoms with E-state index in [0.717, 1.165) is 0 Å². The van der Waals surface area contributed by atoms with Crippen molar-refractivity contribution < 1.29 is 8.42 Å². The Morgan fingerprint density at radius 3 is 2.65 bits per heavy atom. The van der Waals surface area contributed by atoms with Gasteiger partial charge in [-0.3, -0.25) is 0 Å². The standard InChI is InChI=1S/C9H12BrClN2O2S.ClH/c1-6(5-12)13-16(14,15)8-4-2-3-7(10)9(8)11;/h2-4,6,13H,5,12H2,1H3;1H/t6-;/m1./s1. The van der Waals surface area contributed by atoms with Crippen molar-refractivity contribution in [2.24, 2.45) is 5.73 Å². The summed E-state index contributed by atoms with van der Waals surface area (Å²) in [6.45, 7) is 1.91. The largest absolute Gasteiger partial charge is 0.329 e. The lowest BCUT2D eigenvalue weighted by atomic mass is 10.4. The molecule has 0 spiro atoms. The zero-order chi connectivity index (χ0) is 12.3. The van der Waals surface area contributed by atoms with Crippen molar-refractivity contribution in [3.8, 4) is 0 Å². The molecule has 0 aliphatic heterocycles. The number of halogens is 3. The molecule has 1 atom stereocenters. The van der Waals surface area contributed by atoms with Gasteiger partial charge in [0.15, 0.2) is 0 Å². The molecule has 3 N–H and O–H groups in total. The van der Waals surface area contributed by atoms with Crippen LogP contribution < -0.4 is 10.5 Å². The van der Waals surface area contributed by atoms with Gasteiger partial charge in [-0.05, 0) is 35.0 Å². The first kappa shape index (κ1) is 17.2. The van der Waals surface area contributed by atoms with Crippen LogP contribution in [0.3, 0.4) is 0 Å². The van der Waals surface area contributed by atoms with Gasteiger partial charge < -0.3 is 5.73 Å². The van der Waals surface area contributed by atoms with E-state index in [9.17, 15) is 8.42 Å². The van der Waals surface area contributed by atoms with Crippen molar-refractivity contribution in [2.45, 2.75) is 17.9 Å². The van der Waals surface area contributed by atoms with Crippen molar-refractivity contribution >= 4 is 50.0 Å². The molecule has 0 unspecified atom stereocenters. The molecule has 1 aromatic rings. The van der Waals surface area contributed by atoms with Gasteiger partial charge in [0.2, 0.25) is 10.0 Å². The average molecular weight is 364 g/mol. The third-order valence-electron chi connectivity index (χ3n) is 1.92. The van der Waals surface area contributed by atoms with Crippen LogP contribution in [0.4, 0.5) is 0 Å². The van der Waals surface area contributed by atoms with Crippen molar-refractivity contribution in [2.75, 3.05) is 6.54 Å². The lowest BCUT2D eigenvalue weighted by molar-refractivity contribution is 0.562. The molecule has 98 valence electrons. The van der Waals surface area contributed by atoms with E-state index in [1.54, 1.807) is 19.1 Å². The molecule has 4 nitrogen and oxygen atoms in total. The third-order valence-corrected chi connectivity index (χ3v) is 4.96. The first-order chi connectivity index (χ1) is 7.38. The average Bonchev–Trinajstić information content (AvgIpc) is 2.21. The maximum Gasteiger partial charge on any atom is 0.242 e. The van der Waals surface area contributed by atoms with Gasteiger partial charge in [-0.15, -0.1) is 12.4 Å². The van der Waals surface area contributed by atoms with E-state index in [2.05, 4.69) is 20.7 Å². The zero-order valence-electron chi connectivity index (χ0n) is 8.98. The second-order valence-corrected chi connectivity index (χ2v) is 6.22. The summed E-state index contributed by atoms with van der Waals surface area (Å²) in [5.41, 5.74) is 5.36. The van der Waals surface area contributed by atoms with Crippen molar-refractivity contribution in [3.63, 3.8) is 0 Å². The highest BCUT2D eigenvalue weighted by atomic mass is 79.9. The molecule has 8 heteroatoms. The fraction of sp³-hybridized carbons (Fsp3) is 0.333. The molecule has 0 radical (unpaired) electrons. The summed E-state index contributed by atoms with van der Waals surface area (Å²) in [5, 5.41) is 0.166. The van der Waals surface area contributed by atoms with E-state index >= 15 is 0 Å². The fourth-order valence-electron chi connectivity index (χ4n) is 1.07. The highest BCUT2D eigenvalue weighted by molar-refractivity contribution is 9.10. The SMILES string of the molecule is C[C@H](CN)NS(=O)(=O)c1cccc(Br)c1Cl.Cl. The molecule has 1 rings (SSSR count). The number of benzene rings is 1. The monoisotopic (exact) mass is 362 g/mol. The van der Waals surface area contributed by atoms with E-state index in [4.69, 9.17) is 17.3 Å². The molecule has 0 amide bonds. The van der Waals surface area contributed by atoms with E-state index in [1.807, 2.05) is 0 Å². The summed E-state index contributed by atoms with van der Waals surface area (Å²) < 4.78 is 26.8. The minimum absolute atomic E-state index is 0. The summed E-state index contributed by atoms with van der Waals surface area (Å²) >= 11 is 9.08. The van der Waals surface area contributed by atoms with Gasteiger partial charge in [0.05, 0.1) is 5.02 Å². The van der Waals surface area contributed by atoms with Crippen LogP contribution in [0.15, 0.2) is 27.6 Å². The Morgan fingerprint density at radius 1 is 1.53 bits per heavy atom. The number of nitrogens with two attached hydrogens (primary N) is 1. The van der Waals surface area contributed by atoms with Crippen LogP contribution in [0, 0.1) is 0 Å². The highest BCUT2D eigenvalue weighted by Crippen LogP contribution is 2.29. The topological polar surface area (TPSA) is 72.2 Å². The maximum absolute atomic E-state index is 11.9. The molecule has 17 heavy (non-hydrogen) atoms. The van der Waals surface area contributed by atoms with Crippen molar-refractivity contribution in [1.82, 2.24) is 4.72 Å². The normalized spacial score (nSPS) is 12.9. The summed E-state index contributed by atoms with van der Waals surface area (Å²) in [4.78, 5) is 0.0452. The Labute approximate surface area is 121 Å². The fourth-order valence-corrected chi connectivity index (χ4v) is 3.35. The van der Waals surface area contributed by atoms with Crippen LogP contribution in [0.5, 0.6) is 0 Å². The molecule has 0 saturated carbocycles. The van der Waals surface area contributed by atoms with Gasteiger partial charge >= 0.3 is 0 Å². The third kappa shape index (κ3) is 4.39. The summed E-state index contributed by atoms with van der Waals surface area (Å²) in [6.07, 6.45) is 0. The van der Waals surface area contributed by atoms with Gasteiger partial charge in [-0.25, -0.2) is 13.1 Å². The van der Waals surface area contributed by atoms with Crippen LogP contribution in [-0.2, 0) is 10.0 Å². The van der Waals surface area contributed by atoms with Gasteiger partial charge in [-0.1, -0.05) is 17.7 Å². The maximum atomic E-state index is 11.9. The number of rotatable bonds is 4. The summed E-state index contributed by atoms with van der Waals surface area (Å²) in [5.74, 6) is 0. The Bertz CT molecular complexity index is 482. The number of hydrogen-bond acceptors (Lipinski definition) is 3. The predicted molar refractivity (Wildman–Crippen MR) is 75.2 cm³/mol. The zero-order valence-corrected chi connectivity index (χ0v) is 13.0. The van der Waals surface area contributed by atoms with Crippen LogP contribution in [-0.4, -0.2) is 21.0 Å². The van der Waals surface area contributed by atoms with E-state index < -0.39 is 10.0 Å². The van der Waals surface area contributed by atoms with E-state index in [-0.39, 0.29) is 34.9 Å². The van der Waals surface area contributed by atoms with Gasteiger partial charge in [0.1, 0.15) is 4.90 Å². The minimum Gasteiger partial charge on any atom is -0.329 e. The van der Waals surface area contributed by atoms with Gasteiger partial charge in [0, 0.05) is 17.1 Å². The highest BCUT2D eigenvalue weighted by Gasteiger charge is 2.20. The lowest BCUT2D eigenvalue weighted by Gasteiger charge is -2.13. The summed E-state index contributed by atoms with van der Waals surface area (Å²) in [7, 11) is -3.62. The van der Waals surface area contributed by atoms with Crippen molar-refractivity contribution in [1.29, 1.82) is 0 Å². The number of nitrogens with one attached hydrogen (secondary N) is 1. The van der Waals surface area contributed by atoms with E-state index in [0.29, 0.717) is 4.47 Å². The number of sulfonamides is 1. The van der Waals surface area contributed by atoms with E-state index in [1.165, 1.54) is 6.07 Å². The molecule has 0 aliphatic rings. The molecule has 0 bridgehead atoms. The molecular weight excluding hydrogens is 351 g/mol. The van der Waals surface area contributed by atoms with Crippen LogP contribution in [0.25, 0.3) is 0 Å². The Kier molecular flexibility index (Phi) is 6.98. The minimum atomic E-state index is -3.62. The molecule has 0 heterocycles. The smallest absolute Gasteiger partial charge is 0.242 e. The van der Waals surface area contributed by atoms with Gasteiger partial charge in [0.25, 0.3) is 0 Å². The first-order valence-corrected chi connectivity index (χ1v) is 7.20. The summed E-state index contributed by atoms with van der Waals surface area (Å²) in [6, 6.07) is 4.39. The molecule has 0 saturated heterocycles. The Hall–Kier alpha value is 0.150. The Morgan fingerprint density at radius 2 is 2.12 bits per heavy atom. The first-order valence-electron chi connectivity index (χ1n) is 4.55. The van der Waals surface area contributed by atoms with Crippen LogP contribution >= 0.6 is 39.9 Å². The lowest BCUT2D eigenvalue weighted by Crippen LogP contribution is -2.37. The van der Waals surface area contributed by atoms with Crippen molar-refractivity contribution in [3.05, 3.63) is 27.7 Å². The van der Waals surface area contributed by atoms with Crippen LogP contribution in [0.2, 0.25) is 5.02 Å². The molecule has 0 aromatic heterocycles. The van der Waals surface area contributed by atoms with Crippen LogP contribution in [0.1, 0.15) is 6.92 Å². The molecule has 0 aliphatic carbocycles. The molecule has 0 fully saturated rings. The number of hydrogen-bond donors (Lipinski definition) is 2.